The highest BCUT2D eigenvalue weighted by atomic mass is 79.9. The molecular weight excluding hydrogens is 477 g/mol. The molecule has 1 aromatic heterocycles. The Hall–Kier alpha value is -1.71. The van der Waals surface area contributed by atoms with Crippen LogP contribution in [0.1, 0.15) is 19.3 Å². The molecule has 0 radical (unpaired) electrons. The van der Waals surface area contributed by atoms with Crippen LogP contribution in [-0.4, -0.2) is 54.1 Å². The van der Waals surface area contributed by atoms with Gasteiger partial charge in [0.05, 0.1) is 14.4 Å². The number of benzene rings is 1. The lowest BCUT2D eigenvalue weighted by atomic mass is 9.78. The van der Waals surface area contributed by atoms with E-state index in [0.717, 1.165) is 19.3 Å². The minimum Gasteiger partial charge on any atom is -0.376 e. The Morgan fingerprint density at radius 1 is 1.37 bits per heavy atom. The number of anilines is 2. The predicted octanol–water partition coefficient (Wildman–Crippen LogP) is 4.66. The number of nitrogens with one attached hydrogen (secondary N) is 1. The van der Waals surface area contributed by atoms with E-state index in [1.807, 2.05) is 19.0 Å². The topological polar surface area (TPSA) is 74.5 Å². The van der Waals surface area contributed by atoms with Crippen molar-refractivity contribution in [3.63, 3.8) is 0 Å². The summed E-state index contributed by atoms with van der Waals surface area (Å²) < 4.78 is 15.2. The molecular formula is C20H22BrClFN5O2. The lowest BCUT2D eigenvalue weighted by molar-refractivity contribution is -0.383. The second-order valence-electron chi connectivity index (χ2n) is 8.82. The van der Waals surface area contributed by atoms with Gasteiger partial charge in [-0.1, -0.05) is 11.6 Å². The molecule has 1 aromatic carbocycles. The van der Waals surface area contributed by atoms with E-state index < -0.39 is 10.7 Å². The van der Waals surface area contributed by atoms with Gasteiger partial charge in [-0.2, -0.15) is 0 Å². The third-order valence-electron chi connectivity index (χ3n) is 6.99. The Morgan fingerprint density at radius 3 is 2.60 bits per heavy atom. The molecule has 3 aliphatic carbocycles. The van der Waals surface area contributed by atoms with Gasteiger partial charge in [0.25, 0.3) is 0 Å². The number of halogens is 3. The van der Waals surface area contributed by atoms with Gasteiger partial charge in [-0.05, 0) is 67.2 Å². The van der Waals surface area contributed by atoms with Crippen LogP contribution in [0.2, 0.25) is 5.02 Å². The van der Waals surface area contributed by atoms with Crippen molar-refractivity contribution in [3.8, 4) is 0 Å². The fraction of sp³-hybridized carbons (Fsp3) is 0.550. The quantitative estimate of drug-likeness (QED) is 0.367. The molecule has 4 aliphatic rings. The molecule has 2 bridgehead atoms. The molecule has 1 aliphatic heterocycles. The summed E-state index contributed by atoms with van der Waals surface area (Å²) in [6, 6.07) is 2.02. The maximum absolute atomic E-state index is 15.1. The van der Waals surface area contributed by atoms with Gasteiger partial charge in [0.15, 0.2) is 5.82 Å². The van der Waals surface area contributed by atoms with E-state index in [4.69, 9.17) is 11.6 Å². The van der Waals surface area contributed by atoms with Gasteiger partial charge in [0.2, 0.25) is 5.82 Å². The zero-order valence-corrected chi connectivity index (χ0v) is 19.0. The number of aromatic nitrogens is 1. The van der Waals surface area contributed by atoms with Crippen molar-refractivity contribution in [1.82, 2.24) is 9.88 Å². The molecule has 160 valence electrons. The number of likely N-dealkylation sites (N-methyl/N-ethyl adjacent to an activating group) is 1. The zero-order valence-electron chi connectivity index (χ0n) is 16.7. The molecule has 2 aromatic rings. The molecule has 1 N–H and O–H groups in total. The molecule has 1 unspecified atom stereocenters. The summed E-state index contributed by atoms with van der Waals surface area (Å²) in [7, 11) is 3.95. The molecule has 3 atom stereocenters. The van der Waals surface area contributed by atoms with Crippen LogP contribution in [0.3, 0.4) is 0 Å². The molecule has 1 saturated heterocycles. The van der Waals surface area contributed by atoms with Crippen LogP contribution < -0.4 is 10.2 Å². The lowest BCUT2D eigenvalue weighted by Gasteiger charge is -2.43. The summed E-state index contributed by atoms with van der Waals surface area (Å²) in [5.74, 6) is 0.643. The van der Waals surface area contributed by atoms with Gasteiger partial charge in [-0.15, -0.1) is 0 Å². The Kier molecular flexibility index (Phi) is 4.83. The van der Waals surface area contributed by atoms with Crippen LogP contribution in [0.4, 0.5) is 21.6 Å². The van der Waals surface area contributed by atoms with E-state index in [1.54, 1.807) is 6.07 Å². The van der Waals surface area contributed by atoms with E-state index in [1.165, 1.54) is 0 Å². The molecule has 0 spiro atoms. The second kappa shape index (κ2) is 7.17. The minimum absolute atomic E-state index is 0.0920. The van der Waals surface area contributed by atoms with E-state index in [-0.39, 0.29) is 38.6 Å². The number of hydrogen-bond acceptors (Lipinski definition) is 6. The molecule has 4 fully saturated rings. The average molecular weight is 499 g/mol. The number of nitrogens with zero attached hydrogens (tertiary/aromatic N) is 4. The SMILES string of the molecule is CN(C)C1CN(c2nc3c(F)c(Br)c(Cl)cc3c(NC3[C@@H]4CC[C@H]3C4)c2[N+](=O)[O-])C1. The van der Waals surface area contributed by atoms with Gasteiger partial charge in [-0.25, -0.2) is 9.37 Å². The molecule has 7 nitrogen and oxygen atoms in total. The van der Waals surface area contributed by atoms with Gasteiger partial charge >= 0.3 is 5.69 Å². The highest BCUT2D eigenvalue weighted by Gasteiger charge is 2.48. The van der Waals surface area contributed by atoms with E-state index in [0.29, 0.717) is 36.0 Å². The average Bonchev–Trinajstić information content (AvgIpc) is 3.27. The standard InChI is InChI=1S/C20H22BrClFN5O2/c1-26(2)11-7-27(8-11)20-19(28(29)30)18(24-16-9-3-4-10(16)5-9)12-6-13(22)14(21)15(23)17(12)25-20/h6,9-11,16H,3-5,7-8H2,1-2H3,(H,24,25)/t9-,10+,16?. The Labute approximate surface area is 186 Å². The fourth-order valence-electron chi connectivity index (χ4n) is 5.07. The largest absolute Gasteiger partial charge is 0.376 e. The molecule has 3 saturated carbocycles. The summed E-state index contributed by atoms with van der Waals surface area (Å²) in [5.41, 5.74) is 0.335. The molecule has 0 amide bonds. The summed E-state index contributed by atoms with van der Waals surface area (Å²) in [4.78, 5) is 20.2. The van der Waals surface area contributed by atoms with Crippen LogP contribution in [0, 0.1) is 27.8 Å². The van der Waals surface area contributed by atoms with Gasteiger partial charge in [-0.3, -0.25) is 10.1 Å². The first-order valence-corrected chi connectivity index (χ1v) is 11.3. The van der Waals surface area contributed by atoms with E-state index in [2.05, 4.69) is 31.1 Å². The van der Waals surface area contributed by atoms with Crippen molar-refractivity contribution < 1.29 is 9.31 Å². The molecule has 6 rings (SSSR count). The van der Waals surface area contributed by atoms with Crippen molar-refractivity contribution in [1.29, 1.82) is 0 Å². The Morgan fingerprint density at radius 2 is 2.03 bits per heavy atom. The fourth-order valence-corrected chi connectivity index (χ4v) is 5.57. The predicted molar refractivity (Wildman–Crippen MR) is 119 cm³/mol. The van der Waals surface area contributed by atoms with Crippen LogP contribution in [0.25, 0.3) is 10.9 Å². The maximum atomic E-state index is 15.1. The van der Waals surface area contributed by atoms with E-state index in [9.17, 15) is 10.1 Å². The van der Waals surface area contributed by atoms with Crippen molar-refractivity contribution >= 4 is 55.6 Å². The van der Waals surface area contributed by atoms with Crippen LogP contribution in [-0.2, 0) is 0 Å². The normalized spacial score (nSPS) is 25.5. The Bertz CT molecular complexity index is 1050. The first-order chi connectivity index (χ1) is 14.3. The Balaban J connectivity index is 1.69. The maximum Gasteiger partial charge on any atom is 0.335 e. The minimum atomic E-state index is -0.599. The first kappa shape index (κ1) is 20.2. The van der Waals surface area contributed by atoms with Crippen molar-refractivity contribution in [2.75, 3.05) is 37.4 Å². The van der Waals surface area contributed by atoms with Gasteiger partial charge in [0.1, 0.15) is 11.2 Å². The summed E-state index contributed by atoms with van der Waals surface area (Å²) >= 11 is 9.39. The third-order valence-corrected chi connectivity index (χ3v) is 8.29. The highest BCUT2D eigenvalue weighted by Crippen LogP contribution is 2.52. The number of pyridine rings is 1. The number of nitro groups is 1. The number of fused-ring (bicyclic) bond motifs is 2. The third kappa shape index (κ3) is 2.97. The smallest absolute Gasteiger partial charge is 0.335 e. The monoisotopic (exact) mass is 497 g/mol. The highest BCUT2D eigenvalue weighted by molar-refractivity contribution is 9.10. The molecule has 30 heavy (non-hydrogen) atoms. The van der Waals surface area contributed by atoms with Crippen molar-refractivity contribution in [2.24, 2.45) is 11.8 Å². The van der Waals surface area contributed by atoms with Crippen LogP contribution in [0.15, 0.2) is 10.5 Å². The number of hydrogen-bond donors (Lipinski definition) is 1. The first-order valence-electron chi connectivity index (χ1n) is 10.1. The van der Waals surface area contributed by atoms with Crippen LogP contribution in [0.5, 0.6) is 0 Å². The molecule has 2 heterocycles. The number of rotatable bonds is 5. The summed E-state index contributed by atoms with van der Waals surface area (Å²) in [6.07, 6.45) is 3.41. The summed E-state index contributed by atoms with van der Waals surface area (Å²) in [5, 5.41) is 16.1. The van der Waals surface area contributed by atoms with E-state index >= 15 is 4.39 Å². The second-order valence-corrected chi connectivity index (χ2v) is 10.0. The lowest BCUT2D eigenvalue weighted by Crippen LogP contribution is -2.58. The zero-order chi connectivity index (χ0) is 21.3. The van der Waals surface area contributed by atoms with Gasteiger partial charge in [0, 0.05) is 30.6 Å². The van der Waals surface area contributed by atoms with Gasteiger partial charge < -0.3 is 15.1 Å². The van der Waals surface area contributed by atoms with Crippen molar-refractivity contribution in [3.05, 3.63) is 31.5 Å². The van der Waals surface area contributed by atoms with Crippen LogP contribution >= 0.6 is 27.5 Å². The van der Waals surface area contributed by atoms with Crippen molar-refractivity contribution in [2.45, 2.75) is 31.3 Å². The molecule has 10 heteroatoms. The summed E-state index contributed by atoms with van der Waals surface area (Å²) in [6.45, 7) is 1.22.